The minimum absolute atomic E-state index is 0.0257. The van der Waals surface area contributed by atoms with Gasteiger partial charge >= 0.3 is 0 Å². The van der Waals surface area contributed by atoms with Gasteiger partial charge in [-0.05, 0) is 43.2 Å². The van der Waals surface area contributed by atoms with E-state index in [1.54, 1.807) is 36.7 Å². The van der Waals surface area contributed by atoms with Crippen LogP contribution in [0.2, 0.25) is 0 Å². The molecule has 1 fully saturated rings. The van der Waals surface area contributed by atoms with Gasteiger partial charge in [-0.3, -0.25) is 14.6 Å². The van der Waals surface area contributed by atoms with Crippen LogP contribution < -0.4 is 10.1 Å². The molecule has 1 aliphatic rings. The Hall–Kier alpha value is -3.81. The zero-order valence-corrected chi connectivity index (χ0v) is 17.2. The minimum atomic E-state index is -0.111. The lowest BCUT2D eigenvalue weighted by Crippen LogP contribution is -2.46. The SMILES string of the molecule is COc1ccc(-c2cccc(C(=O)N3CCC(NC(=O)c4ccncc4)CC3)c2)nn1. The lowest BCUT2D eigenvalue weighted by Gasteiger charge is -2.32. The first-order valence-corrected chi connectivity index (χ1v) is 10.1. The highest BCUT2D eigenvalue weighted by molar-refractivity contribution is 5.96. The number of amides is 2. The molecule has 0 unspecified atom stereocenters. The third-order valence-corrected chi connectivity index (χ3v) is 5.31. The van der Waals surface area contributed by atoms with Gasteiger partial charge in [0.1, 0.15) is 0 Å². The summed E-state index contributed by atoms with van der Waals surface area (Å²) in [5.74, 6) is 0.303. The number of nitrogens with one attached hydrogen (secondary N) is 1. The van der Waals surface area contributed by atoms with Crippen LogP contribution in [-0.4, -0.2) is 58.1 Å². The highest BCUT2D eigenvalue weighted by Crippen LogP contribution is 2.21. The maximum atomic E-state index is 13.0. The van der Waals surface area contributed by atoms with Gasteiger partial charge in [-0.15, -0.1) is 10.2 Å². The summed E-state index contributed by atoms with van der Waals surface area (Å²) in [6.07, 6.45) is 4.63. The Kier molecular flexibility index (Phi) is 6.16. The van der Waals surface area contributed by atoms with E-state index < -0.39 is 0 Å². The molecule has 0 radical (unpaired) electrons. The molecular formula is C23H23N5O3. The van der Waals surface area contributed by atoms with Gasteiger partial charge in [0.25, 0.3) is 11.8 Å². The van der Waals surface area contributed by atoms with E-state index in [-0.39, 0.29) is 17.9 Å². The average molecular weight is 417 g/mol. The molecule has 2 amide bonds. The normalized spacial score (nSPS) is 14.2. The van der Waals surface area contributed by atoms with Gasteiger partial charge in [-0.2, -0.15) is 0 Å². The van der Waals surface area contributed by atoms with Crippen LogP contribution in [0, 0.1) is 0 Å². The molecule has 0 atom stereocenters. The summed E-state index contributed by atoms with van der Waals surface area (Å²) >= 11 is 0. The summed E-state index contributed by atoms with van der Waals surface area (Å²) in [6.45, 7) is 1.18. The third kappa shape index (κ3) is 4.85. The number of benzene rings is 1. The van der Waals surface area contributed by atoms with Crippen molar-refractivity contribution in [2.24, 2.45) is 0 Å². The van der Waals surface area contributed by atoms with Gasteiger partial charge in [0.15, 0.2) is 0 Å². The van der Waals surface area contributed by atoms with Gasteiger partial charge in [0.2, 0.25) is 5.88 Å². The molecular weight excluding hydrogens is 394 g/mol. The lowest BCUT2D eigenvalue weighted by atomic mass is 10.0. The van der Waals surface area contributed by atoms with Crippen molar-refractivity contribution in [3.05, 3.63) is 72.1 Å². The summed E-state index contributed by atoms with van der Waals surface area (Å²) in [6, 6.07) is 14.3. The molecule has 31 heavy (non-hydrogen) atoms. The average Bonchev–Trinajstić information content (AvgIpc) is 2.85. The fraction of sp³-hybridized carbons (Fsp3) is 0.261. The van der Waals surface area contributed by atoms with Crippen LogP contribution in [0.3, 0.4) is 0 Å². The molecule has 0 saturated carbocycles. The van der Waals surface area contributed by atoms with Crippen LogP contribution in [0.1, 0.15) is 33.6 Å². The number of hydrogen-bond donors (Lipinski definition) is 1. The molecule has 4 rings (SSSR count). The quantitative estimate of drug-likeness (QED) is 0.685. The monoisotopic (exact) mass is 417 g/mol. The molecule has 0 spiro atoms. The Bertz CT molecular complexity index is 1050. The summed E-state index contributed by atoms with van der Waals surface area (Å²) < 4.78 is 5.04. The number of pyridine rings is 1. The van der Waals surface area contributed by atoms with Gasteiger partial charge in [0.05, 0.1) is 12.8 Å². The number of methoxy groups -OCH3 is 1. The van der Waals surface area contributed by atoms with Crippen LogP contribution in [0.4, 0.5) is 0 Å². The number of hydrogen-bond acceptors (Lipinski definition) is 6. The van der Waals surface area contributed by atoms with E-state index in [0.717, 1.165) is 5.56 Å². The standard InChI is InChI=1S/C23H23N5O3/c1-31-21-6-5-20(26-27-21)17-3-2-4-18(15-17)23(30)28-13-9-19(10-14-28)25-22(29)16-7-11-24-12-8-16/h2-8,11-12,15,19H,9-10,13-14H2,1H3,(H,25,29). The maximum absolute atomic E-state index is 13.0. The Morgan fingerprint density at radius 2 is 1.77 bits per heavy atom. The first kappa shape index (κ1) is 20.5. The second kappa shape index (κ2) is 9.34. The van der Waals surface area contributed by atoms with Crippen LogP contribution in [0.25, 0.3) is 11.3 Å². The zero-order valence-electron chi connectivity index (χ0n) is 17.2. The number of likely N-dealkylation sites (tertiary alicyclic amines) is 1. The Morgan fingerprint density at radius 3 is 2.45 bits per heavy atom. The number of carbonyl (C=O) groups excluding carboxylic acids is 2. The van der Waals surface area contributed by atoms with Gasteiger partial charge in [-0.25, -0.2) is 0 Å². The van der Waals surface area contributed by atoms with E-state index in [1.807, 2.05) is 29.2 Å². The summed E-state index contributed by atoms with van der Waals surface area (Å²) in [5.41, 5.74) is 2.69. The molecule has 1 N–H and O–H groups in total. The van der Waals surface area contributed by atoms with E-state index in [1.165, 1.54) is 7.11 Å². The second-order valence-electron chi connectivity index (χ2n) is 7.32. The van der Waals surface area contributed by atoms with E-state index in [4.69, 9.17) is 4.74 Å². The summed E-state index contributed by atoms with van der Waals surface area (Å²) in [4.78, 5) is 31.1. The zero-order chi connectivity index (χ0) is 21.6. The first-order valence-electron chi connectivity index (χ1n) is 10.1. The molecule has 0 aliphatic carbocycles. The molecule has 8 heteroatoms. The van der Waals surface area contributed by atoms with E-state index >= 15 is 0 Å². The molecule has 1 aliphatic heterocycles. The molecule has 3 heterocycles. The maximum Gasteiger partial charge on any atom is 0.253 e. The number of ether oxygens (including phenoxy) is 1. The number of rotatable bonds is 5. The number of piperidine rings is 1. The first-order chi connectivity index (χ1) is 15.1. The van der Waals surface area contributed by atoms with Crippen molar-refractivity contribution in [1.29, 1.82) is 0 Å². The van der Waals surface area contributed by atoms with Crippen LogP contribution in [0.5, 0.6) is 5.88 Å². The molecule has 0 bridgehead atoms. The molecule has 2 aromatic heterocycles. The fourth-order valence-electron chi connectivity index (χ4n) is 3.58. The molecule has 158 valence electrons. The Morgan fingerprint density at radius 1 is 1.00 bits per heavy atom. The van der Waals surface area contributed by atoms with Crippen molar-refractivity contribution < 1.29 is 14.3 Å². The van der Waals surface area contributed by atoms with Crippen molar-refractivity contribution in [2.75, 3.05) is 20.2 Å². The van der Waals surface area contributed by atoms with Crippen molar-refractivity contribution in [1.82, 2.24) is 25.4 Å². The summed E-state index contributed by atoms with van der Waals surface area (Å²) in [5, 5.41) is 11.2. The number of carbonyl (C=O) groups is 2. The van der Waals surface area contributed by atoms with E-state index in [9.17, 15) is 9.59 Å². The Labute approximate surface area is 180 Å². The highest BCUT2D eigenvalue weighted by atomic mass is 16.5. The van der Waals surface area contributed by atoms with Crippen molar-refractivity contribution in [2.45, 2.75) is 18.9 Å². The van der Waals surface area contributed by atoms with Crippen molar-refractivity contribution in [3.8, 4) is 17.1 Å². The smallest absolute Gasteiger partial charge is 0.253 e. The predicted octanol–water partition coefficient (Wildman–Crippen LogP) is 2.58. The van der Waals surface area contributed by atoms with Crippen LogP contribution >= 0.6 is 0 Å². The Balaban J connectivity index is 1.37. The van der Waals surface area contributed by atoms with E-state index in [2.05, 4.69) is 20.5 Å². The van der Waals surface area contributed by atoms with Gasteiger partial charge in [0, 0.05) is 54.3 Å². The van der Waals surface area contributed by atoms with E-state index in [0.29, 0.717) is 48.6 Å². The van der Waals surface area contributed by atoms with Crippen LogP contribution in [-0.2, 0) is 0 Å². The van der Waals surface area contributed by atoms with Crippen LogP contribution in [0.15, 0.2) is 60.9 Å². The molecule has 8 nitrogen and oxygen atoms in total. The fourth-order valence-corrected chi connectivity index (χ4v) is 3.58. The van der Waals surface area contributed by atoms with Gasteiger partial charge in [-0.1, -0.05) is 12.1 Å². The number of nitrogens with zero attached hydrogens (tertiary/aromatic N) is 4. The van der Waals surface area contributed by atoms with Crippen molar-refractivity contribution >= 4 is 11.8 Å². The molecule has 1 aromatic carbocycles. The molecule has 1 saturated heterocycles. The van der Waals surface area contributed by atoms with Crippen molar-refractivity contribution in [3.63, 3.8) is 0 Å². The summed E-state index contributed by atoms with van der Waals surface area (Å²) in [7, 11) is 1.54. The third-order valence-electron chi connectivity index (χ3n) is 5.31. The minimum Gasteiger partial charge on any atom is -0.480 e. The molecule has 3 aromatic rings. The second-order valence-corrected chi connectivity index (χ2v) is 7.32. The number of aromatic nitrogens is 3. The largest absolute Gasteiger partial charge is 0.480 e. The topological polar surface area (TPSA) is 97.3 Å². The predicted molar refractivity (Wildman–Crippen MR) is 115 cm³/mol. The lowest BCUT2D eigenvalue weighted by molar-refractivity contribution is 0.0698. The highest BCUT2D eigenvalue weighted by Gasteiger charge is 2.25. The van der Waals surface area contributed by atoms with Gasteiger partial charge < -0.3 is 15.0 Å².